The van der Waals surface area contributed by atoms with Crippen LogP contribution in [0.25, 0.3) is 11.4 Å². The van der Waals surface area contributed by atoms with Crippen LogP contribution in [0, 0.1) is 6.92 Å². The fraction of sp³-hybridized carbons (Fsp3) is 0.429. The van der Waals surface area contributed by atoms with Gasteiger partial charge < -0.3 is 19.5 Å². The number of amides is 1. The summed E-state index contributed by atoms with van der Waals surface area (Å²) in [6.07, 6.45) is -1.32. The number of hydrogen-bond acceptors (Lipinski definition) is 6. The highest BCUT2D eigenvalue weighted by Crippen LogP contribution is 2.37. The number of aromatic nitrogens is 5. The minimum Gasteiger partial charge on any atom is -0.378 e. The van der Waals surface area contributed by atoms with Gasteiger partial charge in [-0.2, -0.15) is 18.3 Å². The monoisotopic (exact) mass is 495 g/mol. The molecule has 3 aromatic heterocycles. The Kier molecular flexibility index (Phi) is 5.72. The van der Waals surface area contributed by atoms with E-state index in [1.165, 1.54) is 0 Å². The summed E-state index contributed by atoms with van der Waals surface area (Å²) in [5.41, 5.74) is 1.77. The Labute approximate surface area is 197 Å². The molecule has 1 N–H and O–H groups in total. The van der Waals surface area contributed by atoms with E-state index in [-0.39, 0.29) is 24.1 Å². The number of nitrogens with zero attached hydrogens (tertiary/aromatic N) is 6. The van der Waals surface area contributed by atoms with Crippen molar-refractivity contribution in [3.63, 3.8) is 0 Å². The van der Waals surface area contributed by atoms with Crippen LogP contribution in [0.3, 0.4) is 0 Å². The third-order valence-corrected chi connectivity index (χ3v) is 6.18. The van der Waals surface area contributed by atoms with Crippen molar-refractivity contribution in [2.75, 3.05) is 31.6 Å². The molecule has 0 radical (unpaired) electrons. The predicted molar refractivity (Wildman–Crippen MR) is 117 cm³/mol. The molecule has 9 nitrogen and oxygen atoms in total. The van der Waals surface area contributed by atoms with Gasteiger partial charge in [0.25, 0.3) is 0 Å². The summed E-state index contributed by atoms with van der Waals surface area (Å²) in [4.78, 5) is 22.7. The van der Waals surface area contributed by atoms with Gasteiger partial charge in [-0.3, -0.25) is 9.48 Å². The number of halogens is 4. The number of carbonyl (C=O) groups is 1. The number of anilines is 2. The number of nitrogens with one attached hydrogen (secondary N) is 1. The van der Waals surface area contributed by atoms with E-state index in [1.807, 2.05) is 17.6 Å². The first-order valence-electron chi connectivity index (χ1n) is 10.7. The van der Waals surface area contributed by atoms with Crippen molar-refractivity contribution in [3.8, 4) is 11.4 Å². The Morgan fingerprint density at radius 3 is 2.76 bits per heavy atom. The second-order valence-corrected chi connectivity index (χ2v) is 8.56. The van der Waals surface area contributed by atoms with Crippen LogP contribution in [0.4, 0.5) is 24.8 Å². The number of morpholine rings is 1. The predicted octanol–water partition coefficient (Wildman–Crippen LogP) is 3.28. The highest BCUT2D eigenvalue weighted by atomic mass is 35.5. The minimum absolute atomic E-state index is 0.00604. The minimum atomic E-state index is -4.73. The Hall–Kier alpha value is -3.12. The molecular weight excluding hydrogens is 475 g/mol. The first-order chi connectivity index (χ1) is 16.2. The topological polar surface area (TPSA) is 90.1 Å². The van der Waals surface area contributed by atoms with E-state index in [2.05, 4.69) is 20.4 Å². The summed E-state index contributed by atoms with van der Waals surface area (Å²) < 4.78 is 49.2. The molecule has 3 aromatic rings. The van der Waals surface area contributed by atoms with E-state index in [1.54, 1.807) is 11.1 Å². The molecule has 0 aromatic carbocycles. The highest BCUT2D eigenvalue weighted by molar-refractivity contribution is 6.30. The summed E-state index contributed by atoms with van der Waals surface area (Å²) in [6.45, 7) is 3.84. The standard InChI is InChI=1S/C21H21ClF3N7O2/c1-12-8-15(22)32-3-2-13-9-26-20(28-17(13)18(12)32)27-14-10-31(29-19(14)21(23,24)25)11-16(33)30-4-6-34-7-5-30/h8-10H,2-7,11H2,1H3,(H,26,27,28). The first-order valence-corrected chi connectivity index (χ1v) is 11.1. The van der Waals surface area contributed by atoms with Crippen LogP contribution >= 0.6 is 11.6 Å². The van der Waals surface area contributed by atoms with Crippen LogP contribution in [0.1, 0.15) is 16.8 Å². The fourth-order valence-electron chi connectivity index (χ4n) is 4.24. The molecule has 1 amide bonds. The van der Waals surface area contributed by atoms with Crippen LogP contribution in [0.5, 0.6) is 0 Å². The number of hydrogen-bond donors (Lipinski definition) is 1. The van der Waals surface area contributed by atoms with Crippen molar-refractivity contribution in [1.82, 2.24) is 29.2 Å². The summed E-state index contributed by atoms with van der Waals surface area (Å²) in [6, 6.07) is 1.83. The number of carbonyl (C=O) groups excluding carboxylic acids is 1. The van der Waals surface area contributed by atoms with E-state index in [4.69, 9.17) is 16.3 Å². The second-order valence-electron chi connectivity index (χ2n) is 8.17. The molecule has 1 saturated heterocycles. The van der Waals surface area contributed by atoms with Gasteiger partial charge in [-0.25, -0.2) is 9.97 Å². The molecular formula is C21H21ClF3N7O2. The number of aryl methyl sites for hydroxylation is 2. The molecule has 0 aliphatic carbocycles. The SMILES string of the molecule is Cc1cc(Cl)n2c1-c1nc(Nc3cn(CC(=O)N4CCOCC4)nc3C(F)(F)F)ncc1CC2. The third kappa shape index (κ3) is 4.23. The maximum atomic E-state index is 13.7. The lowest BCUT2D eigenvalue weighted by Gasteiger charge is -2.26. The van der Waals surface area contributed by atoms with E-state index in [0.29, 0.717) is 50.1 Å². The largest absolute Gasteiger partial charge is 0.437 e. The van der Waals surface area contributed by atoms with Crippen molar-refractivity contribution in [1.29, 1.82) is 0 Å². The molecule has 5 rings (SSSR count). The molecule has 0 saturated carbocycles. The van der Waals surface area contributed by atoms with Gasteiger partial charge in [0.1, 0.15) is 11.7 Å². The number of rotatable bonds is 4. The summed E-state index contributed by atoms with van der Waals surface area (Å²) >= 11 is 6.30. The van der Waals surface area contributed by atoms with Gasteiger partial charge in [0.05, 0.1) is 30.3 Å². The van der Waals surface area contributed by atoms with Gasteiger partial charge in [-0.05, 0) is 25.0 Å². The van der Waals surface area contributed by atoms with Gasteiger partial charge in [-0.1, -0.05) is 11.6 Å². The lowest BCUT2D eigenvalue weighted by Crippen LogP contribution is -2.42. The van der Waals surface area contributed by atoms with Crippen molar-refractivity contribution >= 4 is 29.1 Å². The van der Waals surface area contributed by atoms with Crippen molar-refractivity contribution < 1.29 is 22.7 Å². The van der Waals surface area contributed by atoms with Crippen LogP contribution in [0.2, 0.25) is 5.15 Å². The Balaban J connectivity index is 1.44. The Morgan fingerprint density at radius 1 is 1.26 bits per heavy atom. The molecule has 2 aliphatic heterocycles. The molecule has 0 bridgehead atoms. The zero-order chi connectivity index (χ0) is 24.0. The summed E-state index contributed by atoms with van der Waals surface area (Å²) in [7, 11) is 0. The van der Waals surface area contributed by atoms with Gasteiger partial charge >= 0.3 is 6.18 Å². The Bertz CT molecular complexity index is 1250. The smallest absolute Gasteiger partial charge is 0.378 e. The van der Waals surface area contributed by atoms with Gasteiger partial charge in [0, 0.05) is 37.6 Å². The van der Waals surface area contributed by atoms with E-state index in [9.17, 15) is 18.0 Å². The van der Waals surface area contributed by atoms with Crippen molar-refractivity contribution in [2.24, 2.45) is 0 Å². The molecule has 0 atom stereocenters. The lowest BCUT2D eigenvalue weighted by molar-refractivity contribution is -0.142. The van der Waals surface area contributed by atoms with Crippen molar-refractivity contribution in [2.45, 2.75) is 32.6 Å². The molecule has 0 unspecified atom stereocenters. The lowest BCUT2D eigenvalue weighted by atomic mass is 10.0. The van der Waals surface area contributed by atoms with Crippen LogP contribution in [-0.2, 0) is 35.2 Å². The normalized spacial score (nSPS) is 15.7. The quantitative estimate of drug-likeness (QED) is 0.597. The number of fused-ring (bicyclic) bond motifs is 3. The maximum Gasteiger partial charge on any atom is 0.437 e. The first kappa shape index (κ1) is 22.7. The average molecular weight is 496 g/mol. The van der Waals surface area contributed by atoms with Gasteiger partial charge in [0.2, 0.25) is 11.9 Å². The second kappa shape index (κ2) is 8.58. The van der Waals surface area contributed by atoms with Gasteiger partial charge in [0.15, 0.2) is 5.69 Å². The van der Waals surface area contributed by atoms with Crippen LogP contribution in [-0.4, -0.2) is 61.4 Å². The summed E-state index contributed by atoms with van der Waals surface area (Å²) in [5, 5.41) is 6.85. The summed E-state index contributed by atoms with van der Waals surface area (Å²) in [5.74, 6) is -0.335. The fourth-order valence-corrected chi connectivity index (χ4v) is 4.57. The number of alkyl halides is 3. The van der Waals surface area contributed by atoms with E-state index < -0.39 is 11.9 Å². The molecule has 5 heterocycles. The Morgan fingerprint density at radius 2 is 2.03 bits per heavy atom. The van der Waals surface area contributed by atoms with E-state index in [0.717, 1.165) is 27.7 Å². The highest BCUT2D eigenvalue weighted by Gasteiger charge is 2.38. The van der Waals surface area contributed by atoms with E-state index >= 15 is 0 Å². The third-order valence-electron chi connectivity index (χ3n) is 5.87. The molecule has 34 heavy (non-hydrogen) atoms. The van der Waals surface area contributed by atoms with Crippen LogP contribution < -0.4 is 5.32 Å². The molecule has 1 fully saturated rings. The number of ether oxygens (including phenoxy) is 1. The maximum absolute atomic E-state index is 13.7. The van der Waals surface area contributed by atoms with Crippen molar-refractivity contribution in [3.05, 3.63) is 40.4 Å². The molecule has 180 valence electrons. The van der Waals surface area contributed by atoms with Crippen LogP contribution in [0.15, 0.2) is 18.5 Å². The zero-order valence-electron chi connectivity index (χ0n) is 18.2. The average Bonchev–Trinajstić information content (AvgIpc) is 3.34. The zero-order valence-corrected chi connectivity index (χ0v) is 18.9. The molecule has 2 aliphatic rings. The van der Waals surface area contributed by atoms with Gasteiger partial charge in [-0.15, -0.1) is 0 Å². The molecule has 13 heteroatoms. The molecule has 0 spiro atoms.